The van der Waals surface area contributed by atoms with E-state index < -0.39 is 53.7 Å². The van der Waals surface area contributed by atoms with Gasteiger partial charge in [0.1, 0.15) is 11.6 Å². The van der Waals surface area contributed by atoms with Crippen LogP contribution in [0.1, 0.15) is 101 Å². The van der Waals surface area contributed by atoms with Crippen molar-refractivity contribution in [2.75, 3.05) is 0 Å². The molecule has 0 saturated carbocycles. The number of pyridine rings is 1. The predicted molar refractivity (Wildman–Crippen MR) is 248 cm³/mol. The molecule has 0 saturated heterocycles. The third kappa shape index (κ3) is 8.15. The van der Waals surface area contributed by atoms with Gasteiger partial charge in [-0.1, -0.05) is 151 Å². The molecule has 0 amide bonds. The quantitative estimate of drug-likeness (QED) is 0.162. The summed E-state index contributed by atoms with van der Waals surface area (Å²) < 4.78 is 80.7. The van der Waals surface area contributed by atoms with E-state index in [1.54, 1.807) is 0 Å². The Morgan fingerprint density at radius 3 is 2.17 bits per heavy atom. The van der Waals surface area contributed by atoms with Crippen LogP contribution in [0.25, 0.3) is 72.7 Å². The number of para-hydroxylation sites is 1. The molecule has 0 aliphatic carbocycles. The number of phenolic OH excluding ortho intramolecular Hbond substituents is 1. The normalized spacial score (nSPS) is 14.2. The van der Waals surface area contributed by atoms with Crippen molar-refractivity contribution >= 4 is 11.0 Å². The van der Waals surface area contributed by atoms with Crippen molar-refractivity contribution < 1.29 is 38.5 Å². The largest absolute Gasteiger partial charge is 0.507 e. The van der Waals surface area contributed by atoms with E-state index in [2.05, 4.69) is 50.0 Å². The number of fused-ring (bicyclic) bond motifs is 1. The fourth-order valence-corrected chi connectivity index (χ4v) is 7.80. The minimum Gasteiger partial charge on any atom is -0.507 e. The van der Waals surface area contributed by atoms with Crippen molar-refractivity contribution in [1.82, 2.24) is 14.5 Å². The molecule has 306 valence electrons. The topological polar surface area (TPSA) is 50.9 Å². The average Bonchev–Trinajstić information content (AvgIpc) is 3.67. The number of hydrogen-bond acceptors (Lipinski definition) is 3. The molecular weight excluding hydrogens is 914 g/mol. The van der Waals surface area contributed by atoms with Gasteiger partial charge in [-0.2, -0.15) is 0 Å². The summed E-state index contributed by atoms with van der Waals surface area (Å²) >= 11 is 0. The molecule has 0 aliphatic heterocycles. The zero-order chi connectivity index (χ0) is 49.7. The average molecular weight is 977 g/mol. The van der Waals surface area contributed by atoms with E-state index in [0.29, 0.717) is 44.7 Å². The fraction of sp³-hybridized carbons (Fsp3) is 0.236. The number of rotatable bonds is 7. The van der Waals surface area contributed by atoms with Gasteiger partial charge < -0.3 is 5.11 Å². The van der Waals surface area contributed by atoms with Crippen molar-refractivity contribution in [3.8, 4) is 67.5 Å². The maximum Gasteiger partial charge on any atom is 0.148 e. The smallest absolute Gasteiger partial charge is 0.148 e. The molecule has 6 aromatic carbocycles. The summed E-state index contributed by atoms with van der Waals surface area (Å²) in [6.45, 7) is 20.3. The summed E-state index contributed by atoms with van der Waals surface area (Å²) in [6, 6.07) is 27.5. The van der Waals surface area contributed by atoms with Gasteiger partial charge in [-0.25, -0.2) is 4.98 Å². The van der Waals surface area contributed by atoms with Crippen LogP contribution in [0.4, 0.5) is 0 Å². The van der Waals surface area contributed by atoms with Crippen LogP contribution in [0.2, 0.25) is 0 Å². The molecule has 0 aliphatic rings. The molecule has 60 heavy (non-hydrogen) atoms. The van der Waals surface area contributed by atoms with Gasteiger partial charge in [-0.3, -0.25) is 9.55 Å². The summed E-state index contributed by atoms with van der Waals surface area (Å²) in [4.78, 5) is 9.78. The molecule has 2 aromatic heterocycles. The minimum absolute atomic E-state index is 0. The molecule has 8 aromatic rings. The standard InChI is InChI=1S/C55H54N3O.Pt/c1-34(2)46-33-42(23-24-44(46)45-19-14-15-21-48(45)55(8,9)10)58-50-22-16-20-43(51(50)57-53(58)47-28-35(3)27-36(4)52(47)59)39-29-40(31-41(30-39)54(5,6)7)49-32-38(25-26-56-49)37-17-12-11-13-18-37;/h11-28,30-34,59H,1-10H3;/q-1;/i11D,12D,13D,17D,18D,25D,26D,32D,34D;. The summed E-state index contributed by atoms with van der Waals surface area (Å²) in [5.74, 6) is -0.464. The first-order valence-corrected chi connectivity index (χ1v) is 19.9. The van der Waals surface area contributed by atoms with E-state index in [1.165, 1.54) is 0 Å². The van der Waals surface area contributed by atoms with Gasteiger partial charge in [0.05, 0.1) is 27.6 Å². The summed E-state index contributed by atoms with van der Waals surface area (Å²) in [6.07, 6.45) is -0.532. The van der Waals surface area contributed by atoms with Gasteiger partial charge in [0.25, 0.3) is 0 Å². The Bertz CT molecular complexity index is 3350. The third-order valence-corrected chi connectivity index (χ3v) is 10.8. The van der Waals surface area contributed by atoms with Crippen molar-refractivity contribution in [1.29, 1.82) is 0 Å². The predicted octanol–water partition coefficient (Wildman–Crippen LogP) is 14.6. The van der Waals surface area contributed by atoms with Crippen LogP contribution in [0.5, 0.6) is 5.75 Å². The number of aromatic hydroxyl groups is 1. The number of aryl methyl sites for hydroxylation is 2. The molecule has 0 radical (unpaired) electrons. The van der Waals surface area contributed by atoms with Crippen molar-refractivity contribution in [2.45, 2.75) is 86.0 Å². The minimum atomic E-state index is -1.02. The molecule has 0 bridgehead atoms. The van der Waals surface area contributed by atoms with Gasteiger partial charge in [-0.15, -0.1) is 29.3 Å². The molecule has 2 heterocycles. The van der Waals surface area contributed by atoms with Gasteiger partial charge in [-0.05, 0) is 105 Å². The van der Waals surface area contributed by atoms with Crippen LogP contribution in [0.3, 0.4) is 0 Å². The first kappa shape index (κ1) is 32.2. The number of nitrogens with zero attached hydrogens (tertiary/aromatic N) is 3. The van der Waals surface area contributed by atoms with E-state index in [1.807, 2.05) is 120 Å². The Balaban J connectivity index is 0.00000703. The third-order valence-electron chi connectivity index (χ3n) is 10.8. The molecule has 1 N–H and O–H groups in total. The van der Waals surface area contributed by atoms with Crippen LogP contribution >= 0.6 is 0 Å². The van der Waals surface area contributed by atoms with Gasteiger partial charge in [0.2, 0.25) is 0 Å². The van der Waals surface area contributed by atoms with Crippen LogP contribution in [0, 0.1) is 19.9 Å². The number of hydrogen-bond donors (Lipinski definition) is 1. The molecule has 0 spiro atoms. The molecule has 0 fully saturated rings. The second-order valence-corrected chi connectivity index (χ2v) is 17.6. The molecular formula is C55H54N3OPt-. The second-order valence-electron chi connectivity index (χ2n) is 17.6. The molecule has 5 heteroatoms. The fourth-order valence-electron chi connectivity index (χ4n) is 7.80. The Kier molecular flexibility index (Phi) is 8.85. The van der Waals surface area contributed by atoms with Gasteiger partial charge >= 0.3 is 0 Å². The molecule has 0 atom stereocenters. The molecule has 8 rings (SSSR count). The van der Waals surface area contributed by atoms with Crippen LogP contribution in [-0.2, 0) is 31.9 Å². The van der Waals surface area contributed by atoms with Crippen molar-refractivity contribution in [3.05, 3.63) is 167 Å². The summed E-state index contributed by atoms with van der Waals surface area (Å²) in [7, 11) is 0. The Hall–Kier alpha value is -5.57. The van der Waals surface area contributed by atoms with E-state index >= 15 is 0 Å². The van der Waals surface area contributed by atoms with Crippen LogP contribution in [-0.4, -0.2) is 19.6 Å². The Morgan fingerprint density at radius 2 is 1.45 bits per heavy atom. The monoisotopic (exact) mass is 976 g/mol. The second kappa shape index (κ2) is 16.5. The van der Waals surface area contributed by atoms with Crippen LogP contribution < -0.4 is 0 Å². The number of imidazole rings is 1. The van der Waals surface area contributed by atoms with E-state index in [4.69, 9.17) is 14.6 Å². The van der Waals surface area contributed by atoms with Gasteiger partial charge in [0.15, 0.2) is 0 Å². The van der Waals surface area contributed by atoms with E-state index in [-0.39, 0.29) is 55.1 Å². The maximum absolute atomic E-state index is 11.8. The SMILES string of the molecule is [2H]c1nc(-c2[c-]c(-c3cccc4c3nc(-c3cc(C)cc(C)c3O)n4-c3ccc(-c4ccccc4C(C)(C)C)c(C([2H])(C)C)c3)cc(C(C)(C)C)c2)c([2H])c(-c2c([2H])c([2H])c([2H])c([2H])c2[2H])c1[2H].[Pt]. The van der Waals surface area contributed by atoms with E-state index in [0.717, 1.165) is 39.1 Å². The molecule has 0 unspecified atom stereocenters. The maximum atomic E-state index is 11.8. The van der Waals surface area contributed by atoms with Gasteiger partial charge in [0, 0.05) is 40.0 Å². The van der Waals surface area contributed by atoms with Crippen LogP contribution in [0.15, 0.2) is 133 Å². The number of benzene rings is 6. The van der Waals surface area contributed by atoms with Crippen molar-refractivity contribution in [2.24, 2.45) is 0 Å². The van der Waals surface area contributed by atoms with E-state index in [9.17, 15) is 7.85 Å². The summed E-state index contributed by atoms with van der Waals surface area (Å²) in [5.41, 5.74) is 9.18. The zero-order valence-electron chi connectivity index (χ0n) is 44.7. The number of aromatic nitrogens is 3. The summed E-state index contributed by atoms with van der Waals surface area (Å²) in [5, 5.41) is 11.8. The first-order valence-electron chi connectivity index (χ1n) is 24.4. The van der Waals surface area contributed by atoms with Crippen molar-refractivity contribution in [3.63, 3.8) is 0 Å². The molecule has 4 nitrogen and oxygen atoms in total. The number of phenols is 1. The Morgan fingerprint density at radius 1 is 0.733 bits per heavy atom. The first-order chi connectivity index (χ1) is 31.7. The Labute approximate surface area is 383 Å². The zero-order valence-corrected chi connectivity index (χ0v) is 38.0.